The molecule has 3 rings (SSSR count). The zero-order valence-corrected chi connectivity index (χ0v) is 15.8. The summed E-state index contributed by atoms with van der Waals surface area (Å²) in [4.78, 5) is 24.5. The SMILES string of the molecule is CN=C(NCc1cccc([N+](=O)[O-])c1)N(C)Cc1ncc(-c2ccccc2)[nH]1. The van der Waals surface area contributed by atoms with Gasteiger partial charge in [-0.05, 0) is 11.1 Å². The number of aromatic amines is 1. The molecule has 28 heavy (non-hydrogen) atoms. The van der Waals surface area contributed by atoms with Gasteiger partial charge in [0.15, 0.2) is 5.96 Å². The van der Waals surface area contributed by atoms with E-state index in [4.69, 9.17) is 0 Å². The summed E-state index contributed by atoms with van der Waals surface area (Å²) >= 11 is 0. The largest absolute Gasteiger partial charge is 0.352 e. The van der Waals surface area contributed by atoms with E-state index in [0.29, 0.717) is 19.0 Å². The van der Waals surface area contributed by atoms with Crippen LogP contribution in [0.4, 0.5) is 5.69 Å². The molecular formula is C20H22N6O2. The highest BCUT2D eigenvalue weighted by molar-refractivity contribution is 5.79. The molecule has 0 saturated carbocycles. The van der Waals surface area contributed by atoms with Crippen LogP contribution in [0.1, 0.15) is 11.4 Å². The standard InChI is InChI=1S/C20H22N6O2/c1-21-20(23-12-15-7-6-10-17(11-15)26(27)28)25(2)14-19-22-13-18(24-19)16-8-4-3-5-9-16/h3-11,13H,12,14H2,1-2H3,(H,21,23)(H,22,24). The van der Waals surface area contributed by atoms with E-state index in [9.17, 15) is 10.1 Å². The van der Waals surface area contributed by atoms with Crippen LogP contribution in [0.25, 0.3) is 11.3 Å². The quantitative estimate of drug-likeness (QED) is 0.297. The van der Waals surface area contributed by atoms with E-state index in [2.05, 4.69) is 20.3 Å². The van der Waals surface area contributed by atoms with Crippen molar-refractivity contribution in [3.05, 3.63) is 82.3 Å². The van der Waals surface area contributed by atoms with Gasteiger partial charge in [0, 0.05) is 32.8 Å². The minimum atomic E-state index is -0.397. The molecule has 0 amide bonds. The molecule has 3 aromatic rings. The van der Waals surface area contributed by atoms with E-state index in [1.54, 1.807) is 19.2 Å². The van der Waals surface area contributed by atoms with Crippen LogP contribution in [0.15, 0.2) is 65.8 Å². The van der Waals surface area contributed by atoms with Gasteiger partial charge in [-0.2, -0.15) is 0 Å². The molecule has 0 radical (unpaired) electrons. The maximum absolute atomic E-state index is 10.9. The average Bonchev–Trinajstić information content (AvgIpc) is 3.18. The van der Waals surface area contributed by atoms with Gasteiger partial charge in [0.25, 0.3) is 5.69 Å². The normalized spacial score (nSPS) is 11.3. The number of nitrogens with zero attached hydrogens (tertiary/aromatic N) is 4. The Hall–Kier alpha value is -3.68. The fourth-order valence-corrected chi connectivity index (χ4v) is 2.85. The molecule has 8 nitrogen and oxygen atoms in total. The van der Waals surface area contributed by atoms with Gasteiger partial charge in [-0.1, -0.05) is 42.5 Å². The highest BCUT2D eigenvalue weighted by Crippen LogP contribution is 2.16. The van der Waals surface area contributed by atoms with Crippen molar-refractivity contribution in [1.82, 2.24) is 20.2 Å². The molecule has 8 heteroatoms. The maximum atomic E-state index is 10.9. The third kappa shape index (κ3) is 4.73. The number of H-pyrrole nitrogens is 1. The second-order valence-electron chi connectivity index (χ2n) is 6.29. The fraction of sp³-hybridized carbons (Fsp3) is 0.200. The van der Waals surface area contributed by atoms with Crippen LogP contribution in [0.3, 0.4) is 0 Å². The van der Waals surface area contributed by atoms with Crippen LogP contribution in [0.5, 0.6) is 0 Å². The molecule has 2 N–H and O–H groups in total. The lowest BCUT2D eigenvalue weighted by atomic mass is 10.2. The van der Waals surface area contributed by atoms with Crippen molar-refractivity contribution >= 4 is 11.6 Å². The molecule has 0 aliphatic rings. The van der Waals surface area contributed by atoms with E-state index in [0.717, 1.165) is 22.6 Å². The summed E-state index contributed by atoms with van der Waals surface area (Å²) in [5.41, 5.74) is 2.93. The molecule has 2 aromatic carbocycles. The van der Waals surface area contributed by atoms with Crippen LogP contribution in [0, 0.1) is 10.1 Å². The van der Waals surface area contributed by atoms with Gasteiger partial charge in [0.05, 0.1) is 23.4 Å². The predicted octanol–water partition coefficient (Wildman–Crippen LogP) is 3.19. The number of nitrogens with one attached hydrogen (secondary N) is 2. The van der Waals surface area contributed by atoms with Crippen LogP contribution < -0.4 is 5.32 Å². The van der Waals surface area contributed by atoms with Crippen LogP contribution in [-0.2, 0) is 13.1 Å². The van der Waals surface area contributed by atoms with Crippen molar-refractivity contribution in [2.45, 2.75) is 13.1 Å². The first-order valence-corrected chi connectivity index (χ1v) is 8.81. The van der Waals surface area contributed by atoms with Crippen molar-refractivity contribution in [2.24, 2.45) is 4.99 Å². The first kappa shape index (κ1) is 19.1. The van der Waals surface area contributed by atoms with Crippen molar-refractivity contribution in [2.75, 3.05) is 14.1 Å². The Bertz CT molecular complexity index is 968. The fourth-order valence-electron chi connectivity index (χ4n) is 2.85. The molecule has 0 spiro atoms. The predicted molar refractivity (Wildman–Crippen MR) is 109 cm³/mol. The number of guanidine groups is 1. The topological polar surface area (TPSA) is 99.4 Å². The number of aromatic nitrogens is 2. The van der Waals surface area contributed by atoms with Gasteiger partial charge >= 0.3 is 0 Å². The van der Waals surface area contributed by atoms with E-state index >= 15 is 0 Å². The van der Waals surface area contributed by atoms with Crippen molar-refractivity contribution in [3.63, 3.8) is 0 Å². The lowest BCUT2D eigenvalue weighted by Crippen LogP contribution is -2.38. The minimum absolute atomic E-state index is 0.0756. The first-order valence-electron chi connectivity index (χ1n) is 8.81. The summed E-state index contributed by atoms with van der Waals surface area (Å²) in [7, 11) is 3.61. The Kier molecular flexibility index (Phi) is 6.01. The Morgan fingerprint density at radius 3 is 2.75 bits per heavy atom. The monoisotopic (exact) mass is 378 g/mol. The Balaban J connectivity index is 1.61. The third-order valence-electron chi connectivity index (χ3n) is 4.25. The number of rotatable bonds is 6. The van der Waals surface area contributed by atoms with Gasteiger partial charge in [0.2, 0.25) is 0 Å². The lowest BCUT2D eigenvalue weighted by Gasteiger charge is -2.21. The Morgan fingerprint density at radius 2 is 2.04 bits per heavy atom. The number of aliphatic imine (C=N–C) groups is 1. The summed E-state index contributed by atoms with van der Waals surface area (Å²) in [6.07, 6.45) is 1.82. The van der Waals surface area contributed by atoms with Crippen molar-refractivity contribution in [1.29, 1.82) is 0 Å². The second kappa shape index (κ2) is 8.81. The molecule has 0 saturated heterocycles. The molecule has 0 fully saturated rings. The summed E-state index contributed by atoms with van der Waals surface area (Å²) in [5, 5.41) is 14.1. The summed E-state index contributed by atoms with van der Waals surface area (Å²) in [5.74, 6) is 1.49. The highest BCUT2D eigenvalue weighted by Gasteiger charge is 2.11. The number of hydrogen-bond donors (Lipinski definition) is 2. The molecule has 0 aliphatic heterocycles. The molecule has 144 valence electrons. The van der Waals surface area contributed by atoms with Crippen molar-refractivity contribution in [3.8, 4) is 11.3 Å². The van der Waals surface area contributed by atoms with Crippen LogP contribution >= 0.6 is 0 Å². The Labute approximate surface area is 163 Å². The smallest absolute Gasteiger partial charge is 0.269 e. The van der Waals surface area contributed by atoms with Crippen molar-refractivity contribution < 1.29 is 4.92 Å². The number of nitro groups is 1. The zero-order chi connectivity index (χ0) is 19.9. The number of non-ortho nitro benzene ring substituents is 1. The first-order chi connectivity index (χ1) is 13.6. The van der Waals surface area contributed by atoms with Gasteiger partial charge < -0.3 is 15.2 Å². The second-order valence-corrected chi connectivity index (χ2v) is 6.29. The third-order valence-corrected chi connectivity index (χ3v) is 4.25. The average molecular weight is 378 g/mol. The van der Waals surface area contributed by atoms with Gasteiger partial charge in [-0.15, -0.1) is 0 Å². The number of hydrogen-bond acceptors (Lipinski definition) is 4. The summed E-state index contributed by atoms with van der Waals surface area (Å²) in [6, 6.07) is 16.6. The van der Waals surface area contributed by atoms with Gasteiger partial charge in [-0.3, -0.25) is 15.1 Å². The molecule has 0 bridgehead atoms. The lowest BCUT2D eigenvalue weighted by molar-refractivity contribution is -0.384. The number of imidazole rings is 1. The van der Waals surface area contributed by atoms with E-state index in [-0.39, 0.29) is 5.69 Å². The molecule has 1 heterocycles. The summed E-state index contributed by atoms with van der Waals surface area (Å²) < 4.78 is 0. The van der Waals surface area contributed by atoms with Gasteiger partial charge in [-0.25, -0.2) is 4.98 Å². The molecule has 0 atom stereocenters. The molecule has 0 aliphatic carbocycles. The molecule has 1 aromatic heterocycles. The number of nitro benzene ring substituents is 1. The molecular weight excluding hydrogens is 356 g/mol. The summed E-state index contributed by atoms with van der Waals surface area (Å²) in [6.45, 7) is 0.980. The molecule has 0 unspecified atom stereocenters. The maximum Gasteiger partial charge on any atom is 0.269 e. The van der Waals surface area contributed by atoms with E-state index < -0.39 is 4.92 Å². The van der Waals surface area contributed by atoms with Crippen LogP contribution in [0.2, 0.25) is 0 Å². The van der Waals surface area contributed by atoms with Crippen LogP contribution in [-0.4, -0.2) is 39.8 Å². The highest BCUT2D eigenvalue weighted by atomic mass is 16.6. The number of benzene rings is 2. The van der Waals surface area contributed by atoms with E-state index in [1.165, 1.54) is 6.07 Å². The minimum Gasteiger partial charge on any atom is -0.352 e. The zero-order valence-electron chi connectivity index (χ0n) is 15.8. The Morgan fingerprint density at radius 1 is 1.25 bits per heavy atom. The van der Waals surface area contributed by atoms with E-state index in [1.807, 2.05) is 54.5 Å². The van der Waals surface area contributed by atoms with Gasteiger partial charge in [0.1, 0.15) is 5.82 Å².